The van der Waals surface area contributed by atoms with Crippen molar-refractivity contribution in [3.63, 3.8) is 0 Å². The Morgan fingerprint density at radius 1 is 1.25 bits per heavy atom. The van der Waals surface area contributed by atoms with E-state index in [0.717, 1.165) is 37.3 Å². The van der Waals surface area contributed by atoms with E-state index in [1.165, 1.54) is 23.8 Å². The van der Waals surface area contributed by atoms with Gasteiger partial charge in [-0.3, -0.25) is 0 Å². The highest BCUT2D eigenvalue weighted by Crippen LogP contribution is 2.37. The lowest BCUT2D eigenvalue weighted by Crippen LogP contribution is -2.34. The highest BCUT2D eigenvalue weighted by Gasteiger charge is 2.32. The molecule has 0 spiro atoms. The van der Waals surface area contributed by atoms with Crippen LogP contribution < -0.4 is 5.32 Å². The summed E-state index contributed by atoms with van der Waals surface area (Å²) in [6.45, 7) is 4.02. The van der Waals surface area contributed by atoms with E-state index < -0.39 is 0 Å². The largest absolute Gasteiger partial charge is 0.461 e. The number of furan rings is 1. The van der Waals surface area contributed by atoms with Crippen molar-refractivity contribution in [3.8, 4) is 0 Å². The minimum atomic E-state index is 0.105. The third kappa shape index (κ3) is 2.48. The van der Waals surface area contributed by atoms with Gasteiger partial charge in [0.05, 0.1) is 0 Å². The topological polar surface area (TPSA) is 45.4 Å². The molecule has 0 atom stereocenters. The molecule has 2 aromatic rings. The van der Waals surface area contributed by atoms with Crippen LogP contribution in [0.1, 0.15) is 37.0 Å². The minimum Gasteiger partial charge on any atom is -0.461 e. The third-order valence-corrected chi connectivity index (χ3v) is 4.70. The van der Waals surface area contributed by atoms with Gasteiger partial charge < -0.3 is 14.8 Å². The summed E-state index contributed by atoms with van der Waals surface area (Å²) < 4.78 is 5.78. The Hall–Kier alpha value is -1.32. The molecule has 0 saturated heterocycles. The summed E-state index contributed by atoms with van der Waals surface area (Å²) in [6, 6.07) is 8.17. The fourth-order valence-corrected chi connectivity index (χ4v) is 3.41. The van der Waals surface area contributed by atoms with Crippen molar-refractivity contribution >= 4 is 11.0 Å². The van der Waals surface area contributed by atoms with Crippen LogP contribution in [0.15, 0.2) is 28.7 Å². The molecule has 108 valence electrons. The lowest BCUT2D eigenvalue weighted by molar-refractivity contribution is 0.128. The number of aryl methyl sites for hydroxylation is 1. The first-order chi connectivity index (χ1) is 9.74. The van der Waals surface area contributed by atoms with Crippen LogP contribution in [0.5, 0.6) is 0 Å². The molecule has 2 N–H and O–H groups in total. The Balaban J connectivity index is 1.69. The SMILES string of the molecule is Cc1oc2ccccc2c1CNCC1(CO)CCCC1. The normalized spacial score (nSPS) is 17.9. The molecule has 0 aliphatic heterocycles. The monoisotopic (exact) mass is 273 g/mol. The summed E-state index contributed by atoms with van der Waals surface area (Å²) in [4.78, 5) is 0. The summed E-state index contributed by atoms with van der Waals surface area (Å²) in [5.74, 6) is 0.989. The molecule has 0 amide bonds. The van der Waals surface area contributed by atoms with E-state index in [1.54, 1.807) is 0 Å². The molecule has 1 aliphatic rings. The van der Waals surface area contributed by atoms with Crippen LogP contribution in [-0.2, 0) is 6.54 Å². The fraction of sp³-hybridized carbons (Fsp3) is 0.529. The van der Waals surface area contributed by atoms with Gasteiger partial charge in [-0.05, 0) is 25.8 Å². The smallest absolute Gasteiger partial charge is 0.134 e. The molecule has 1 aliphatic carbocycles. The lowest BCUT2D eigenvalue weighted by atomic mass is 9.87. The van der Waals surface area contributed by atoms with Crippen molar-refractivity contribution in [2.75, 3.05) is 13.2 Å². The first-order valence-electron chi connectivity index (χ1n) is 7.53. The van der Waals surface area contributed by atoms with E-state index in [9.17, 15) is 5.11 Å². The number of benzene rings is 1. The number of hydrogen-bond acceptors (Lipinski definition) is 3. The number of nitrogens with one attached hydrogen (secondary N) is 1. The summed E-state index contributed by atoms with van der Waals surface area (Å²) in [7, 11) is 0. The Morgan fingerprint density at radius 3 is 2.75 bits per heavy atom. The second-order valence-corrected chi connectivity index (χ2v) is 6.10. The van der Waals surface area contributed by atoms with Crippen LogP contribution in [0.25, 0.3) is 11.0 Å². The van der Waals surface area contributed by atoms with E-state index >= 15 is 0 Å². The van der Waals surface area contributed by atoms with Crippen LogP contribution >= 0.6 is 0 Å². The van der Waals surface area contributed by atoms with Crippen molar-refractivity contribution in [2.24, 2.45) is 5.41 Å². The first kappa shape index (κ1) is 13.7. The first-order valence-corrected chi connectivity index (χ1v) is 7.53. The van der Waals surface area contributed by atoms with Gasteiger partial charge in [-0.25, -0.2) is 0 Å². The quantitative estimate of drug-likeness (QED) is 0.877. The van der Waals surface area contributed by atoms with Gasteiger partial charge in [0.1, 0.15) is 11.3 Å². The number of fused-ring (bicyclic) bond motifs is 1. The van der Waals surface area contributed by atoms with Gasteiger partial charge in [-0.15, -0.1) is 0 Å². The van der Waals surface area contributed by atoms with Crippen LogP contribution in [0.4, 0.5) is 0 Å². The molecule has 1 aromatic carbocycles. The maximum absolute atomic E-state index is 9.64. The average molecular weight is 273 g/mol. The Labute approximate surface area is 120 Å². The number of para-hydroxylation sites is 1. The zero-order valence-electron chi connectivity index (χ0n) is 12.1. The van der Waals surface area contributed by atoms with Gasteiger partial charge in [0.15, 0.2) is 0 Å². The van der Waals surface area contributed by atoms with E-state index in [2.05, 4.69) is 11.4 Å². The molecule has 0 bridgehead atoms. The molecule has 1 fully saturated rings. The third-order valence-electron chi connectivity index (χ3n) is 4.70. The van der Waals surface area contributed by atoms with Gasteiger partial charge >= 0.3 is 0 Å². The number of aliphatic hydroxyl groups is 1. The second kappa shape index (κ2) is 5.58. The molecule has 3 nitrogen and oxygen atoms in total. The van der Waals surface area contributed by atoms with Crippen molar-refractivity contribution < 1.29 is 9.52 Å². The molecule has 20 heavy (non-hydrogen) atoms. The van der Waals surface area contributed by atoms with E-state index in [0.29, 0.717) is 6.61 Å². The van der Waals surface area contributed by atoms with Gasteiger partial charge in [-0.1, -0.05) is 31.0 Å². The molecular weight excluding hydrogens is 250 g/mol. The van der Waals surface area contributed by atoms with Gasteiger partial charge in [0.25, 0.3) is 0 Å². The maximum atomic E-state index is 9.64. The zero-order chi connectivity index (χ0) is 14.0. The standard InChI is InChI=1S/C17H23NO2/c1-13-15(14-6-2-3-7-16(14)20-13)10-18-11-17(12-19)8-4-5-9-17/h2-3,6-7,18-19H,4-5,8-12H2,1H3. The predicted octanol–water partition coefficient (Wildman–Crippen LogP) is 3.38. The van der Waals surface area contributed by atoms with Crippen molar-refractivity contribution in [2.45, 2.75) is 39.2 Å². The summed E-state index contributed by atoms with van der Waals surface area (Å²) in [6.07, 6.45) is 4.77. The van der Waals surface area contributed by atoms with Crippen molar-refractivity contribution in [1.82, 2.24) is 5.32 Å². The summed E-state index contributed by atoms with van der Waals surface area (Å²) in [5.41, 5.74) is 2.30. The average Bonchev–Trinajstić information content (AvgIpc) is 3.05. The van der Waals surface area contributed by atoms with Crippen molar-refractivity contribution in [1.29, 1.82) is 0 Å². The molecule has 1 aromatic heterocycles. The number of aliphatic hydroxyl groups excluding tert-OH is 1. The molecule has 3 rings (SSSR count). The van der Waals surface area contributed by atoms with Gasteiger partial charge in [0, 0.05) is 36.1 Å². The van der Waals surface area contributed by atoms with E-state index in [-0.39, 0.29) is 5.41 Å². The zero-order valence-corrected chi connectivity index (χ0v) is 12.1. The van der Waals surface area contributed by atoms with Crippen LogP contribution in [-0.4, -0.2) is 18.3 Å². The van der Waals surface area contributed by atoms with Crippen LogP contribution in [0.2, 0.25) is 0 Å². The molecular formula is C17H23NO2. The number of rotatable bonds is 5. The highest BCUT2D eigenvalue weighted by atomic mass is 16.3. The number of hydrogen-bond donors (Lipinski definition) is 2. The van der Waals surface area contributed by atoms with Crippen molar-refractivity contribution in [3.05, 3.63) is 35.6 Å². The second-order valence-electron chi connectivity index (χ2n) is 6.10. The van der Waals surface area contributed by atoms with E-state index in [4.69, 9.17) is 4.42 Å². The molecule has 1 saturated carbocycles. The molecule has 3 heteroatoms. The summed E-state index contributed by atoms with van der Waals surface area (Å²) in [5, 5.41) is 14.4. The van der Waals surface area contributed by atoms with E-state index in [1.807, 2.05) is 25.1 Å². The maximum Gasteiger partial charge on any atom is 0.134 e. The van der Waals surface area contributed by atoms with Gasteiger partial charge in [0.2, 0.25) is 0 Å². The van der Waals surface area contributed by atoms with Crippen LogP contribution in [0.3, 0.4) is 0 Å². The van der Waals surface area contributed by atoms with Crippen LogP contribution in [0, 0.1) is 12.3 Å². The Morgan fingerprint density at radius 2 is 2.00 bits per heavy atom. The van der Waals surface area contributed by atoms with Gasteiger partial charge in [-0.2, -0.15) is 0 Å². The molecule has 0 radical (unpaired) electrons. The predicted molar refractivity (Wildman–Crippen MR) is 80.6 cm³/mol. The molecule has 0 unspecified atom stereocenters. The Bertz CT molecular complexity index is 582. The lowest BCUT2D eigenvalue weighted by Gasteiger charge is -2.26. The Kier molecular flexibility index (Phi) is 3.81. The highest BCUT2D eigenvalue weighted by molar-refractivity contribution is 5.82. The fourth-order valence-electron chi connectivity index (χ4n) is 3.41. The molecule has 1 heterocycles. The summed E-state index contributed by atoms with van der Waals surface area (Å²) >= 11 is 0. The minimum absolute atomic E-state index is 0.105.